The second kappa shape index (κ2) is 1.54. The minimum atomic E-state index is 0.102. The van der Waals surface area contributed by atoms with Gasteiger partial charge < -0.3 is 4.42 Å². The molecule has 0 bridgehead atoms. The summed E-state index contributed by atoms with van der Waals surface area (Å²) in [5, 5.41) is 0.289. The highest BCUT2D eigenvalue weighted by Crippen LogP contribution is 2.04. The van der Waals surface area contributed by atoms with Gasteiger partial charge in [-0.3, -0.25) is 0 Å². The van der Waals surface area contributed by atoms with E-state index in [2.05, 4.69) is 9.40 Å². The van der Waals surface area contributed by atoms with Gasteiger partial charge in [-0.15, -0.1) is 0 Å². The first kappa shape index (κ1) is 4.65. The monoisotopic (exact) mass is 115 g/mol. The Bertz CT molecular complexity index is 144. The van der Waals surface area contributed by atoms with E-state index < -0.39 is 0 Å². The van der Waals surface area contributed by atoms with Crippen molar-refractivity contribution in [3.05, 3.63) is 24.2 Å². The van der Waals surface area contributed by atoms with Gasteiger partial charge in [-0.1, -0.05) is 11.6 Å². The van der Waals surface area contributed by atoms with E-state index in [0.717, 1.165) is 0 Å². The molecule has 0 spiro atoms. The third-order valence-corrected chi connectivity index (χ3v) is 0.668. The Morgan fingerprint density at radius 3 is 2.71 bits per heavy atom. The molecule has 1 rings (SSSR count). The van der Waals surface area contributed by atoms with Crippen LogP contribution in [0.2, 0.25) is 5.15 Å². The van der Waals surface area contributed by atoms with Gasteiger partial charge in [0, 0.05) is 0 Å². The predicted octanol–water partition coefficient (Wildman–Crippen LogP) is 1.39. The van der Waals surface area contributed by atoms with Crippen molar-refractivity contribution in [1.29, 1.82) is 0 Å². The number of rotatable bonds is 0. The lowest BCUT2D eigenvalue weighted by molar-refractivity contribution is 0.537. The average Bonchev–Trinajstić information content (AvgIpc) is 1.87. The summed E-state index contributed by atoms with van der Waals surface area (Å²) in [6.07, 6.45) is 1.27. The van der Waals surface area contributed by atoms with Crippen LogP contribution in [0.15, 0.2) is 10.7 Å². The molecule has 0 saturated carbocycles. The average molecular weight is 116 g/mol. The van der Waals surface area contributed by atoms with Gasteiger partial charge in [-0.05, 0) is 0 Å². The van der Waals surface area contributed by atoms with Crippen LogP contribution in [0, 0.1) is 6.92 Å². The Morgan fingerprint density at radius 2 is 2.57 bits per heavy atom. The van der Waals surface area contributed by atoms with E-state index in [-0.39, 0.29) is 11.0 Å². The molecule has 0 aliphatic heterocycles. The van der Waals surface area contributed by atoms with E-state index in [1.165, 1.54) is 6.26 Å². The second-order valence-electron chi connectivity index (χ2n) is 1.01. The van der Waals surface area contributed by atoms with Gasteiger partial charge >= 0.3 is 0 Å². The molecule has 2 radical (unpaired) electrons. The molecule has 36 valence electrons. The van der Waals surface area contributed by atoms with Crippen molar-refractivity contribution in [3.8, 4) is 0 Å². The third kappa shape index (κ3) is 0.933. The van der Waals surface area contributed by atoms with Crippen LogP contribution in [0.25, 0.3) is 0 Å². The molecule has 0 amide bonds. The van der Waals surface area contributed by atoms with Crippen molar-refractivity contribution in [3.63, 3.8) is 0 Å². The third-order valence-electron chi connectivity index (χ3n) is 0.494. The van der Waals surface area contributed by atoms with E-state index >= 15 is 0 Å². The van der Waals surface area contributed by atoms with Crippen LogP contribution in [0.1, 0.15) is 5.89 Å². The van der Waals surface area contributed by atoms with Crippen LogP contribution in [-0.4, -0.2) is 4.98 Å². The summed E-state index contributed by atoms with van der Waals surface area (Å²) < 4.78 is 4.50. The molecule has 0 fully saturated rings. The van der Waals surface area contributed by atoms with E-state index in [0.29, 0.717) is 0 Å². The molecular formula is C4H2ClNO. The van der Waals surface area contributed by atoms with Gasteiger partial charge in [0.1, 0.15) is 6.26 Å². The van der Waals surface area contributed by atoms with Crippen LogP contribution in [0.3, 0.4) is 0 Å². The first-order valence-electron chi connectivity index (χ1n) is 1.65. The lowest BCUT2D eigenvalue weighted by Gasteiger charge is -1.66. The van der Waals surface area contributed by atoms with Gasteiger partial charge in [0.2, 0.25) is 0 Å². The fourth-order valence-electron chi connectivity index (χ4n) is 0.267. The molecule has 0 N–H and O–H groups in total. The molecule has 0 atom stereocenters. The van der Waals surface area contributed by atoms with Crippen molar-refractivity contribution < 1.29 is 4.42 Å². The van der Waals surface area contributed by atoms with Crippen LogP contribution < -0.4 is 0 Å². The van der Waals surface area contributed by atoms with Crippen LogP contribution in [0.5, 0.6) is 0 Å². The van der Waals surface area contributed by atoms with E-state index in [4.69, 9.17) is 18.5 Å². The van der Waals surface area contributed by atoms with Gasteiger partial charge in [0.15, 0.2) is 11.0 Å². The van der Waals surface area contributed by atoms with Crippen LogP contribution in [-0.2, 0) is 0 Å². The van der Waals surface area contributed by atoms with Gasteiger partial charge in [0.25, 0.3) is 0 Å². The Balaban J connectivity index is 3.04. The van der Waals surface area contributed by atoms with E-state index in [1.807, 2.05) is 0 Å². The molecule has 0 aromatic carbocycles. The zero-order chi connectivity index (χ0) is 5.28. The van der Waals surface area contributed by atoms with Gasteiger partial charge in [-0.25, -0.2) is 4.98 Å². The minimum absolute atomic E-state index is 0.102. The first-order chi connectivity index (χ1) is 3.29. The summed E-state index contributed by atoms with van der Waals surface area (Å²) >= 11 is 5.28. The SMILES string of the molecule is [CH]c1nc(Cl)co1. The Labute approximate surface area is 46.1 Å². The molecular weight excluding hydrogens is 114 g/mol. The maximum Gasteiger partial charge on any atom is 0.200 e. The summed E-state index contributed by atoms with van der Waals surface area (Å²) in [6, 6.07) is 0. The zero-order valence-corrected chi connectivity index (χ0v) is 4.14. The molecule has 0 aliphatic rings. The second-order valence-corrected chi connectivity index (χ2v) is 1.40. The normalized spacial score (nSPS) is 9.43. The zero-order valence-electron chi connectivity index (χ0n) is 3.39. The minimum Gasteiger partial charge on any atom is -0.447 e. The number of aromatic nitrogens is 1. The number of oxazole rings is 1. The highest BCUT2D eigenvalue weighted by molar-refractivity contribution is 6.29. The summed E-state index contributed by atoms with van der Waals surface area (Å²) in [4.78, 5) is 3.49. The first-order valence-corrected chi connectivity index (χ1v) is 2.03. The largest absolute Gasteiger partial charge is 0.447 e. The van der Waals surface area contributed by atoms with Gasteiger partial charge in [-0.2, -0.15) is 0 Å². The molecule has 1 aromatic rings. The standard InChI is InChI=1S/C4H2ClNO/c1-3-6-4(5)2-7-3/h1-2H. The summed E-state index contributed by atoms with van der Waals surface area (Å²) in [6.45, 7) is 5.02. The summed E-state index contributed by atoms with van der Waals surface area (Å²) in [7, 11) is 0. The van der Waals surface area contributed by atoms with Crippen molar-refractivity contribution in [1.82, 2.24) is 4.98 Å². The number of hydrogen-bond donors (Lipinski definition) is 0. The fourth-order valence-corrected chi connectivity index (χ4v) is 0.395. The number of halogens is 1. The summed E-state index contributed by atoms with van der Waals surface area (Å²) in [5.74, 6) is 0.102. The predicted molar refractivity (Wildman–Crippen MR) is 24.9 cm³/mol. The fraction of sp³-hybridized carbons (Fsp3) is 0. The van der Waals surface area contributed by atoms with Crippen LogP contribution in [0.4, 0.5) is 0 Å². The van der Waals surface area contributed by atoms with E-state index in [1.54, 1.807) is 0 Å². The number of nitrogens with zero attached hydrogens (tertiary/aromatic N) is 1. The van der Waals surface area contributed by atoms with Gasteiger partial charge in [0.05, 0.1) is 6.92 Å². The smallest absolute Gasteiger partial charge is 0.200 e. The Morgan fingerprint density at radius 1 is 1.86 bits per heavy atom. The van der Waals surface area contributed by atoms with Crippen molar-refractivity contribution in [2.75, 3.05) is 0 Å². The lowest BCUT2D eigenvalue weighted by Crippen LogP contribution is -1.63. The Hall–Kier alpha value is -0.500. The topological polar surface area (TPSA) is 26.0 Å². The van der Waals surface area contributed by atoms with Crippen molar-refractivity contribution in [2.24, 2.45) is 0 Å². The lowest BCUT2D eigenvalue weighted by atomic mass is 10.8. The van der Waals surface area contributed by atoms with E-state index in [9.17, 15) is 0 Å². The highest BCUT2D eigenvalue weighted by Gasteiger charge is 1.90. The summed E-state index contributed by atoms with van der Waals surface area (Å²) in [5.41, 5.74) is 0. The maximum atomic E-state index is 5.28. The molecule has 0 aliphatic carbocycles. The molecule has 1 aromatic heterocycles. The van der Waals surface area contributed by atoms with Crippen LogP contribution >= 0.6 is 11.6 Å². The molecule has 7 heavy (non-hydrogen) atoms. The van der Waals surface area contributed by atoms with Crippen molar-refractivity contribution >= 4 is 11.6 Å². The molecule has 0 saturated heterocycles. The Kier molecular flexibility index (Phi) is 1.02. The molecule has 1 heterocycles. The maximum absolute atomic E-state index is 5.28. The highest BCUT2D eigenvalue weighted by atomic mass is 35.5. The van der Waals surface area contributed by atoms with Crippen molar-refractivity contribution in [2.45, 2.75) is 0 Å². The quantitative estimate of drug-likeness (QED) is 0.511. The molecule has 3 heteroatoms. The number of hydrogen-bond acceptors (Lipinski definition) is 2. The molecule has 2 nitrogen and oxygen atoms in total. The molecule has 0 unspecified atom stereocenters.